The van der Waals surface area contributed by atoms with Crippen molar-refractivity contribution in [2.24, 2.45) is 11.3 Å². The molecule has 1 spiro atoms. The van der Waals surface area contributed by atoms with Crippen LogP contribution in [0.1, 0.15) is 12.8 Å². The topological polar surface area (TPSA) is 25.4 Å². The summed E-state index contributed by atoms with van der Waals surface area (Å²) in [5.74, 6) is 2.10. The van der Waals surface area contributed by atoms with E-state index in [4.69, 9.17) is 4.74 Å². The van der Waals surface area contributed by atoms with Crippen molar-refractivity contribution in [1.82, 2.24) is 4.98 Å². The van der Waals surface area contributed by atoms with Gasteiger partial charge in [0.15, 0.2) is 11.6 Å². The van der Waals surface area contributed by atoms with Crippen LogP contribution in [-0.2, 0) is 0 Å². The number of ether oxygens (including phenoxy) is 1. The molecule has 23 heavy (non-hydrogen) atoms. The Kier molecular flexibility index (Phi) is 3.63. The van der Waals surface area contributed by atoms with Gasteiger partial charge >= 0.3 is 0 Å². The fourth-order valence-electron chi connectivity index (χ4n) is 4.28. The largest absolute Gasteiger partial charge is 0.494 e. The van der Waals surface area contributed by atoms with Crippen LogP contribution in [0, 0.1) is 17.2 Å². The smallest absolute Gasteiger partial charge is 0.165 e. The first kappa shape index (κ1) is 15.1. The van der Waals surface area contributed by atoms with Crippen LogP contribution in [0.3, 0.4) is 0 Å². The maximum absolute atomic E-state index is 14.1. The normalized spacial score (nSPS) is 19.7. The van der Waals surface area contributed by atoms with Crippen molar-refractivity contribution >= 4 is 28.4 Å². The molecule has 0 atom stereocenters. The Hall–Kier alpha value is -1.49. The molecule has 1 aromatic carbocycles. The molecule has 0 radical (unpaired) electrons. The summed E-state index contributed by atoms with van der Waals surface area (Å²) in [6, 6.07) is 5.24. The average molecular weight is 332 g/mol. The van der Waals surface area contributed by atoms with Gasteiger partial charge in [-0.1, -0.05) is 0 Å². The van der Waals surface area contributed by atoms with E-state index in [0.29, 0.717) is 5.41 Å². The van der Waals surface area contributed by atoms with Crippen molar-refractivity contribution in [1.29, 1.82) is 0 Å². The van der Waals surface area contributed by atoms with Crippen molar-refractivity contribution in [3.05, 3.63) is 30.2 Å². The van der Waals surface area contributed by atoms with Gasteiger partial charge in [0, 0.05) is 41.8 Å². The maximum Gasteiger partial charge on any atom is 0.165 e. The predicted octanol–water partition coefficient (Wildman–Crippen LogP) is 3.96. The van der Waals surface area contributed by atoms with E-state index in [1.807, 2.05) is 17.8 Å². The molecular weight excluding hydrogens is 311 g/mol. The van der Waals surface area contributed by atoms with Crippen molar-refractivity contribution in [2.45, 2.75) is 12.8 Å². The Morgan fingerprint density at radius 3 is 2.87 bits per heavy atom. The van der Waals surface area contributed by atoms with E-state index in [2.05, 4.69) is 16.1 Å². The van der Waals surface area contributed by atoms with Gasteiger partial charge in [-0.3, -0.25) is 4.98 Å². The number of hydrogen-bond donors (Lipinski definition) is 0. The average Bonchev–Trinajstić information content (AvgIpc) is 2.47. The maximum atomic E-state index is 14.1. The SMILES string of the molecule is COc1cc2nccc(N3CC4(CC(CSC)C4)C3)c2cc1F. The first-order valence-electron chi connectivity index (χ1n) is 8.00. The van der Waals surface area contributed by atoms with Crippen LogP contribution in [0.15, 0.2) is 24.4 Å². The molecule has 2 aromatic rings. The highest BCUT2D eigenvalue weighted by molar-refractivity contribution is 7.98. The van der Waals surface area contributed by atoms with E-state index in [9.17, 15) is 4.39 Å². The molecule has 0 unspecified atom stereocenters. The number of benzene rings is 1. The number of halogens is 1. The lowest BCUT2D eigenvalue weighted by atomic mass is 9.58. The molecule has 4 rings (SSSR count). The number of rotatable bonds is 4. The van der Waals surface area contributed by atoms with E-state index >= 15 is 0 Å². The molecular formula is C18H21FN2OS. The van der Waals surface area contributed by atoms with E-state index in [1.54, 1.807) is 18.3 Å². The van der Waals surface area contributed by atoms with E-state index in [1.165, 1.54) is 25.7 Å². The van der Waals surface area contributed by atoms with Gasteiger partial charge in [-0.05, 0) is 42.9 Å². The highest BCUT2D eigenvalue weighted by Crippen LogP contribution is 2.54. The molecule has 2 aliphatic rings. The van der Waals surface area contributed by atoms with E-state index < -0.39 is 0 Å². The van der Waals surface area contributed by atoms with E-state index in [-0.39, 0.29) is 11.6 Å². The number of thioether (sulfide) groups is 1. The van der Waals surface area contributed by atoms with Crippen molar-refractivity contribution in [3.63, 3.8) is 0 Å². The van der Waals surface area contributed by atoms with Gasteiger partial charge in [0.05, 0.1) is 12.6 Å². The van der Waals surface area contributed by atoms with Gasteiger partial charge < -0.3 is 9.64 Å². The van der Waals surface area contributed by atoms with Gasteiger partial charge in [-0.15, -0.1) is 0 Å². The molecule has 0 bridgehead atoms. The molecule has 1 aromatic heterocycles. The van der Waals surface area contributed by atoms with Gasteiger partial charge in [-0.25, -0.2) is 4.39 Å². The second-order valence-electron chi connectivity index (χ2n) is 6.92. The molecule has 1 saturated heterocycles. The Morgan fingerprint density at radius 1 is 1.39 bits per heavy atom. The fraction of sp³-hybridized carbons (Fsp3) is 0.500. The molecule has 1 aliphatic carbocycles. The summed E-state index contributed by atoms with van der Waals surface area (Å²) in [4.78, 5) is 6.73. The number of hydrogen-bond acceptors (Lipinski definition) is 4. The van der Waals surface area contributed by atoms with Crippen molar-refractivity contribution < 1.29 is 9.13 Å². The zero-order chi connectivity index (χ0) is 16.0. The van der Waals surface area contributed by atoms with Gasteiger partial charge in [0.2, 0.25) is 0 Å². The summed E-state index contributed by atoms with van der Waals surface area (Å²) in [5.41, 5.74) is 2.40. The number of aromatic nitrogens is 1. The summed E-state index contributed by atoms with van der Waals surface area (Å²) in [6.45, 7) is 2.18. The molecule has 2 heterocycles. The third-order valence-corrected chi connectivity index (χ3v) is 6.04. The molecule has 0 N–H and O–H groups in total. The fourth-order valence-corrected chi connectivity index (χ4v) is 4.98. The second kappa shape index (κ2) is 5.55. The minimum Gasteiger partial charge on any atom is -0.494 e. The lowest BCUT2D eigenvalue weighted by molar-refractivity contribution is 0.0364. The molecule has 1 aliphatic heterocycles. The number of fused-ring (bicyclic) bond motifs is 1. The van der Waals surface area contributed by atoms with E-state index in [0.717, 1.165) is 35.6 Å². The Bertz CT molecular complexity index is 737. The monoisotopic (exact) mass is 332 g/mol. The van der Waals surface area contributed by atoms with Crippen molar-refractivity contribution in [2.75, 3.05) is 37.1 Å². The van der Waals surface area contributed by atoms with Gasteiger partial charge in [0.25, 0.3) is 0 Å². The van der Waals surface area contributed by atoms with Gasteiger partial charge in [-0.2, -0.15) is 11.8 Å². The van der Waals surface area contributed by atoms with Crippen LogP contribution < -0.4 is 9.64 Å². The zero-order valence-corrected chi connectivity index (χ0v) is 14.3. The summed E-state index contributed by atoms with van der Waals surface area (Å²) in [7, 11) is 1.48. The lowest BCUT2D eigenvalue weighted by Crippen LogP contribution is -2.62. The molecule has 122 valence electrons. The third kappa shape index (κ3) is 2.45. The first-order chi connectivity index (χ1) is 11.1. The first-order valence-corrected chi connectivity index (χ1v) is 9.40. The number of nitrogens with zero attached hydrogens (tertiary/aromatic N) is 2. The van der Waals surface area contributed by atoms with Gasteiger partial charge in [0.1, 0.15) is 0 Å². The summed E-state index contributed by atoms with van der Waals surface area (Å²) >= 11 is 1.95. The zero-order valence-electron chi connectivity index (χ0n) is 13.5. The molecule has 2 fully saturated rings. The van der Waals surface area contributed by atoms with Crippen LogP contribution in [0.4, 0.5) is 10.1 Å². The summed E-state index contributed by atoms with van der Waals surface area (Å²) in [5, 5.41) is 0.876. The standard InChI is InChI=1S/C18H21FN2OS/c1-22-17-6-15-13(5-14(17)19)16(3-4-20-15)21-10-18(11-21)7-12(8-18)9-23-2/h3-6,12H,7-11H2,1-2H3. The third-order valence-electron chi connectivity index (χ3n) is 5.23. The molecule has 0 amide bonds. The van der Waals surface area contributed by atoms with Crippen LogP contribution >= 0.6 is 11.8 Å². The minimum atomic E-state index is -0.326. The van der Waals surface area contributed by atoms with Crippen LogP contribution in [0.25, 0.3) is 10.9 Å². The minimum absolute atomic E-state index is 0.251. The molecule has 3 nitrogen and oxygen atoms in total. The Labute approximate surface area is 140 Å². The number of methoxy groups -OCH3 is 1. The van der Waals surface area contributed by atoms with Crippen molar-refractivity contribution in [3.8, 4) is 5.75 Å². The molecule has 5 heteroatoms. The Balaban J connectivity index is 1.56. The second-order valence-corrected chi connectivity index (χ2v) is 7.83. The summed E-state index contributed by atoms with van der Waals surface area (Å²) in [6.07, 6.45) is 6.67. The van der Waals surface area contributed by atoms with Crippen LogP contribution in [-0.4, -0.2) is 37.2 Å². The number of anilines is 1. The molecule has 1 saturated carbocycles. The summed E-state index contributed by atoms with van der Waals surface area (Å²) < 4.78 is 19.1. The quantitative estimate of drug-likeness (QED) is 0.846. The Morgan fingerprint density at radius 2 is 2.17 bits per heavy atom. The highest BCUT2D eigenvalue weighted by Gasteiger charge is 2.52. The lowest BCUT2D eigenvalue weighted by Gasteiger charge is -2.60. The highest BCUT2D eigenvalue weighted by atomic mass is 32.2. The predicted molar refractivity (Wildman–Crippen MR) is 94.0 cm³/mol. The van der Waals surface area contributed by atoms with Crippen LogP contribution in [0.2, 0.25) is 0 Å². The number of pyridine rings is 1. The van der Waals surface area contributed by atoms with Crippen LogP contribution in [0.5, 0.6) is 5.75 Å².